The summed E-state index contributed by atoms with van der Waals surface area (Å²) < 4.78 is 27.7. The molecule has 0 bridgehead atoms. The van der Waals surface area contributed by atoms with Crippen LogP contribution in [0.3, 0.4) is 0 Å². The Kier molecular flexibility index (Phi) is 7.68. The molecule has 0 radical (unpaired) electrons. The molecule has 0 spiro atoms. The Labute approximate surface area is 182 Å². The zero-order chi connectivity index (χ0) is 21.4. The van der Waals surface area contributed by atoms with Gasteiger partial charge < -0.3 is 5.32 Å². The van der Waals surface area contributed by atoms with Gasteiger partial charge in [0.05, 0.1) is 17.1 Å². The van der Waals surface area contributed by atoms with Crippen molar-refractivity contribution in [1.82, 2.24) is 4.31 Å². The maximum Gasteiger partial charge on any atom is 0.243 e. The average molecular weight is 441 g/mol. The standard InChI is InChI=1S/C23H24N2O3S2/c1-29-22-15-9-8-14-21(22)24-23(26)18-25(17-16-19-10-4-2-5-11-19)30(27,28)20-12-6-3-7-13-20/h2-15H,16-18H2,1H3,(H,24,26). The highest BCUT2D eigenvalue weighted by molar-refractivity contribution is 7.98. The number of sulfonamides is 1. The average Bonchev–Trinajstić information content (AvgIpc) is 2.78. The molecular weight excluding hydrogens is 416 g/mol. The van der Waals surface area contributed by atoms with Crippen molar-refractivity contribution in [3.05, 3.63) is 90.5 Å². The van der Waals surface area contributed by atoms with Crippen molar-refractivity contribution in [3.8, 4) is 0 Å². The minimum absolute atomic E-state index is 0.176. The zero-order valence-corrected chi connectivity index (χ0v) is 18.3. The van der Waals surface area contributed by atoms with Gasteiger partial charge in [-0.1, -0.05) is 60.7 Å². The lowest BCUT2D eigenvalue weighted by molar-refractivity contribution is -0.116. The first-order valence-electron chi connectivity index (χ1n) is 9.52. The maximum absolute atomic E-state index is 13.2. The highest BCUT2D eigenvalue weighted by Gasteiger charge is 2.26. The summed E-state index contributed by atoms with van der Waals surface area (Å²) in [6.45, 7) is -0.0500. The Hall–Kier alpha value is -2.61. The van der Waals surface area contributed by atoms with E-state index in [2.05, 4.69) is 5.32 Å². The number of carbonyl (C=O) groups is 1. The second-order valence-electron chi connectivity index (χ2n) is 6.64. The van der Waals surface area contributed by atoms with Gasteiger partial charge in [-0.15, -0.1) is 11.8 Å². The molecule has 0 saturated carbocycles. The molecule has 0 heterocycles. The van der Waals surface area contributed by atoms with E-state index >= 15 is 0 Å². The molecule has 1 amide bonds. The number of nitrogens with one attached hydrogen (secondary N) is 1. The first-order chi connectivity index (χ1) is 14.5. The van der Waals surface area contributed by atoms with Gasteiger partial charge >= 0.3 is 0 Å². The van der Waals surface area contributed by atoms with Crippen LogP contribution in [0, 0.1) is 0 Å². The van der Waals surface area contributed by atoms with E-state index in [1.54, 1.807) is 30.3 Å². The summed E-state index contributed by atoms with van der Waals surface area (Å²) in [5.41, 5.74) is 1.69. The monoisotopic (exact) mass is 440 g/mol. The van der Waals surface area contributed by atoms with E-state index in [-0.39, 0.29) is 23.9 Å². The second-order valence-corrected chi connectivity index (χ2v) is 9.42. The number of thioether (sulfide) groups is 1. The topological polar surface area (TPSA) is 66.5 Å². The smallest absolute Gasteiger partial charge is 0.243 e. The summed E-state index contributed by atoms with van der Waals surface area (Å²) in [6, 6.07) is 25.3. The zero-order valence-electron chi connectivity index (χ0n) is 16.7. The van der Waals surface area contributed by atoms with Gasteiger partial charge in [-0.2, -0.15) is 4.31 Å². The van der Waals surface area contributed by atoms with Crippen molar-refractivity contribution in [1.29, 1.82) is 0 Å². The number of anilines is 1. The molecule has 30 heavy (non-hydrogen) atoms. The lowest BCUT2D eigenvalue weighted by Crippen LogP contribution is -2.39. The summed E-state index contributed by atoms with van der Waals surface area (Å²) in [5, 5.41) is 2.85. The highest BCUT2D eigenvalue weighted by Crippen LogP contribution is 2.25. The van der Waals surface area contributed by atoms with Crippen LogP contribution in [0.4, 0.5) is 5.69 Å². The van der Waals surface area contributed by atoms with E-state index in [1.165, 1.54) is 16.1 Å². The molecule has 0 aliphatic carbocycles. The highest BCUT2D eigenvalue weighted by atomic mass is 32.2. The van der Waals surface area contributed by atoms with E-state index in [1.807, 2.05) is 60.9 Å². The molecule has 0 atom stereocenters. The SMILES string of the molecule is CSc1ccccc1NC(=O)CN(CCc1ccccc1)S(=O)(=O)c1ccccc1. The van der Waals surface area contributed by atoms with E-state index < -0.39 is 10.0 Å². The van der Waals surface area contributed by atoms with Crippen LogP contribution in [0.15, 0.2) is 94.7 Å². The number of rotatable bonds is 9. The summed E-state index contributed by atoms with van der Waals surface area (Å²) in [6.07, 6.45) is 2.44. The van der Waals surface area contributed by atoms with Crippen molar-refractivity contribution < 1.29 is 13.2 Å². The molecule has 3 rings (SSSR count). The number of carbonyl (C=O) groups excluding carboxylic acids is 1. The quantitative estimate of drug-likeness (QED) is 0.505. The van der Waals surface area contributed by atoms with E-state index in [9.17, 15) is 13.2 Å². The maximum atomic E-state index is 13.2. The molecule has 7 heteroatoms. The van der Waals surface area contributed by atoms with Crippen molar-refractivity contribution in [2.45, 2.75) is 16.2 Å². The fraction of sp³-hybridized carbons (Fsp3) is 0.174. The van der Waals surface area contributed by atoms with Gasteiger partial charge in [0, 0.05) is 11.4 Å². The molecule has 3 aromatic rings. The summed E-state index contributed by atoms with van der Waals surface area (Å²) >= 11 is 1.52. The van der Waals surface area contributed by atoms with Crippen LogP contribution >= 0.6 is 11.8 Å². The first-order valence-corrected chi connectivity index (χ1v) is 12.2. The number of amides is 1. The molecule has 0 fully saturated rings. The van der Waals surface area contributed by atoms with Crippen molar-refractivity contribution in [3.63, 3.8) is 0 Å². The Morgan fingerprint density at radius 2 is 1.50 bits per heavy atom. The van der Waals surface area contributed by atoms with Gasteiger partial charge in [-0.25, -0.2) is 8.42 Å². The van der Waals surface area contributed by atoms with Crippen LogP contribution in [0.5, 0.6) is 0 Å². The Morgan fingerprint density at radius 1 is 0.900 bits per heavy atom. The summed E-state index contributed by atoms with van der Waals surface area (Å²) in [7, 11) is -3.81. The van der Waals surface area contributed by atoms with Crippen LogP contribution in [0.25, 0.3) is 0 Å². The molecule has 0 unspecified atom stereocenters. The van der Waals surface area contributed by atoms with Gasteiger partial charge in [0.1, 0.15) is 0 Å². The predicted octanol–water partition coefficient (Wildman–Crippen LogP) is 4.28. The lowest BCUT2D eigenvalue weighted by Gasteiger charge is -2.22. The minimum Gasteiger partial charge on any atom is -0.324 e. The minimum atomic E-state index is -3.81. The van der Waals surface area contributed by atoms with Crippen LogP contribution in [-0.4, -0.2) is 38.0 Å². The van der Waals surface area contributed by atoms with Crippen LogP contribution < -0.4 is 5.32 Å². The molecule has 1 N–H and O–H groups in total. The van der Waals surface area contributed by atoms with Gasteiger partial charge in [-0.05, 0) is 42.5 Å². The first kappa shape index (κ1) is 22.1. The van der Waals surface area contributed by atoms with Crippen molar-refractivity contribution in [2.24, 2.45) is 0 Å². The van der Waals surface area contributed by atoms with E-state index in [0.717, 1.165) is 10.5 Å². The van der Waals surface area contributed by atoms with E-state index in [0.29, 0.717) is 12.1 Å². The van der Waals surface area contributed by atoms with Crippen LogP contribution in [0.1, 0.15) is 5.56 Å². The molecule has 0 aliphatic heterocycles. The molecule has 156 valence electrons. The van der Waals surface area contributed by atoms with Crippen molar-refractivity contribution in [2.75, 3.05) is 24.7 Å². The Morgan fingerprint density at radius 3 is 2.17 bits per heavy atom. The fourth-order valence-corrected chi connectivity index (χ4v) is 4.99. The normalized spacial score (nSPS) is 11.4. The lowest BCUT2D eigenvalue weighted by atomic mass is 10.1. The van der Waals surface area contributed by atoms with Gasteiger partial charge in [0.25, 0.3) is 0 Å². The molecule has 5 nitrogen and oxygen atoms in total. The third-order valence-electron chi connectivity index (χ3n) is 4.57. The number of para-hydroxylation sites is 1. The number of benzene rings is 3. The number of hydrogen-bond acceptors (Lipinski definition) is 4. The van der Waals surface area contributed by atoms with Gasteiger partial charge in [0.15, 0.2) is 0 Å². The molecule has 3 aromatic carbocycles. The molecule has 0 aromatic heterocycles. The largest absolute Gasteiger partial charge is 0.324 e. The van der Waals surface area contributed by atoms with E-state index in [4.69, 9.17) is 0 Å². The number of hydrogen-bond donors (Lipinski definition) is 1. The molecule has 0 saturated heterocycles. The molecular formula is C23H24N2O3S2. The summed E-state index contributed by atoms with van der Waals surface area (Å²) in [4.78, 5) is 13.9. The van der Waals surface area contributed by atoms with Crippen LogP contribution in [-0.2, 0) is 21.2 Å². The summed E-state index contributed by atoms with van der Waals surface area (Å²) in [5.74, 6) is -0.371. The van der Waals surface area contributed by atoms with Gasteiger partial charge in [0.2, 0.25) is 15.9 Å². The number of nitrogens with zero attached hydrogens (tertiary/aromatic N) is 1. The second kappa shape index (κ2) is 10.4. The van der Waals surface area contributed by atoms with Gasteiger partial charge in [-0.3, -0.25) is 4.79 Å². The van der Waals surface area contributed by atoms with Crippen molar-refractivity contribution >= 4 is 33.4 Å². The molecule has 0 aliphatic rings. The Balaban J connectivity index is 1.80. The predicted molar refractivity (Wildman–Crippen MR) is 122 cm³/mol. The fourth-order valence-electron chi connectivity index (χ4n) is 3.02. The third-order valence-corrected chi connectivity index (χ3v) is 7.23. The van der Waals surface area contributed by atoms with Crippen LogP contribution in [0.2, 0.25) is 0 Å². The Bertz CT molecular complexity index is 1070. The third kappa shape index (κ3) is 5.72.